The normalized spacial score (nSPS) is 13.0. The molecule has 0 aromatic heterocycles. The van der Waals surface area contributed by atoms with Crippen LogP contribution in [0.5, 0.6) is 5.75 Å². The highest BCUT2D eigenvalue weighted by Crippen LogP contribution is 2.14. The van der Waals surface area contributed by atoms with E-state index in [2.05, 4.69) is 11.4 Å². The third kappa shape index (κ3) is 7.15. The Hall–Kier alpha value is -1.10. The molecule has 0 bridgehead atoms. The van der Waals surface area contributed by atoms with Crippen molar-refractivity contribution in [2.45, 2.75) is 32.6 Å². The number of benzene rings is 1. The van der Waals surface area contributed by atoms with Crippen LogP contribution in [-0.4, -0.2) is 49.4 Å². The summed E-state index contributed by atoms with van der Waals surface area (Å²) in [5.41, 5.74) is 1.16. The molecular weight excluding hydrogens is 240 g/mol. The molecule has 108 valence electrons. The molecule has 19 heavy (non-hydrogen) atoms. The van der Waals surface area contributed by atoms with Crippen molar-refractivity contribution in [3.8, 4) is 5.75 Å². The van der Waals surface area contributed by atoms with Gasteiger partial charge in [0, 0.05) is 19.6 Å². The van der Waals surface area contributed by atoms with E-state index in [4.69, 9.17) is 4.74 Å². The van der Waals surface area contributed by atoms with E-state index in [9.17, 15) is 5.11 Å². The molecule has 0 heterocycles. The van der Waals surface area contributed by atoms with Gasteiger partial charge in [-0.15, -0.1) is 0 Å². The topological polar surface area (TPSA) is 44.7 Å². The minimum absolute atomic E-state index is 0.185. The second kappa shape index (κ2) is 8.15. The third-order valence-corrected chi connectivity index (χ3v) is 2.56. The van der Waals surface area contributed by atoms with Crippen molar-refractivity contribution in [1.29, 1.82) is 0 Å². The summed E-state index contributed by atoms with van der Waals surface area (Å²) < 4.78 is 5.65. The first-order valence-corrected chi connectivity index (χ1v) is 6.76. The summed E-state index contributed by atoms with van der Waals surface area (Å²) in [6.45, 7) is 6.03. The zero-order chi connectivity index (χ0) is 14.3. The van der Waals surface area contributed by atoms with Crippen molar-refractivity contribution in [2.75, 3.05) is 27.2 Å². The van der Waals surface area contributed by atoms with Crippen molar-refractivity contribution in [1.82, 2.24) is 10.2 Å². The number of likely N-dealkylation sites (N-methyl/N-ethyl adjacent to an activating group) is 1. The lowest BCUT2D eigenvalue weighted by Crippen LogP contribution is -2.34. The largest absolute Gasteiger partial charge is 0.491 e. The van der Waals surface area contributed by atoms with Crippen LogP contribution < -0.4 is 10.1 Å². The zero-order valence-electron chi connectivity index (χ0n) is 12.4. The number of nitrogens with zero attached hydrogens (tertiary/aromatic N) is 1. The zero-order valence-corrected chi connectivity index (χ0v) is 12.4. The first-order chi connectivity index (χ1) is 8.97. The first kappa shape index (κ1) is 16.0. The lowest BCUT2D eigenvalue weighted by atomic mass is 10.2. The van der Waals surface area contributed by atoms with Gasteiger partial charge in [-0.2, -0.15) is 0 Å². The molecule has 0 aliphatic heterocycles. The minimum atomic E-state index is -0.343. The van der Waals surface area contributed by atoms with Crippen molar-refractivity contribution >= 4 is 0 Å². The Morgan fingerprint density at radius 2 is 2.05 bits per heavy atom. The van der Waals surface area contributed by atoms with Gasteiger partial charge in [0.25, 0.3) is 0 Å². The van der Waals surface area contributed by atoms with Crippen LogP contribution in [0.4, 0.5) is 0 Å². The van der Waals surface area contributed by atoms with Gasteiger partial charge < -0.3 is 20.1 Å². The number of hydrogen-bond donors (Lipinski definition) is 2. The maximum atomic E-state index is 9.74. The van der Waals surface area contributed by atoms with E-state index in [0.29, 0.717) is 13.1 Å². The van der Waals surface area contributed by atoms with Gasteiger partial charge in [0.2, 0.25) is 0 Å². The van der Waals surface area contributed by atoms with Crippen LogP contribution in [0.2, 0.25) is 0 Å². The number of aliphatic hydroxyl groups excluding tert-OH is 1. The SMILES string of the molecule is CC(C)Oc1cccc(CNCC(O)CN(C)C)c1. The summed E-state index contributed by atoms with van der Waals surface area (Å²) in [7, 11) is 3.91. The number of hydrogen-bond acceptors (Lipinski definition) is 4. The number of aliphatic hydroxyl groups is 1. The van der Waals surface area contributed by atoms with E-state index in [0.717, 1.165) is 17.9 Å². The first-order valence-electron chi connectivity index (χ1n) is 6.76. The quantitative estimate of drug-likeness (QED) is 0.748. The smallest absolute Gasteiger partial charge is 0.120 e. The highest BCUT2D eigenvalue weighted by molar-refractivity contribution is 5.28. The van der Waals surface area contributed by atoms with Crippen molar-refractivity contribution in [2.24, 2.45) is 0 Å². The van der Waals surface area contributed by atoms with E-state index < -0.39 is 0 Å². The fraction of sp³-hybridized carbons (Fsp3) is 0.600. The molecular formula is C15H26N2O2. The van der Waals surface area contributed by atoms with E-state index in [1.807, 2.05) is 51.0 Å². The molecule has 4 heteroatoms. The highest BCUT2D eigenvalue weighted by atomic mass is 16.5. The fourth-order valence-corrected chi connectivity index (χ4v) is 1.87. The van der Waals surface area contributed by atoms with Crippen LogP contribution in [0.1, 0.15) is 19.4 Å². The summed E-state index contributed by atoms with van der Waals surface area (Å²) in [5.74, 6) is 0.892. The van der Waals surface area contributed by atoms with Crippen LogP contribution in [0.15, 0.2) is 24.3 Å². The summed E-state index contributed by atoms with van der Waals surface area (Å²) in [6, 6.07) is 8.04. The molecule has 0 fully saturated rings. The van der Waals surface area contributed by atoms with Gasteiger partial charge in [0.15, 0.2) is 0 Å². The monoisotopic (exact) mass is 266 g/mol. The molecule has 0 saturated carbocycles. The lowest BCUT2D eigenvalue weighted by Gasteiger charge is -2.16. The second-order valence-electron chi connectivity index (χ2n) is 5.36. The highest BCUT2D eigenvalue weighted by Gasteiger charge is 2.05. The van der Waals surface area contributed by atoms with Crippen molar-refractivity contribution in [3.63, 3.8) is 0 Å². The number of rotatable bonds is 8. The van der Waals surface area contributed by atoms with Gasteiger partial charge in [-0.1, -0.05) is 12.1 Å². The Morgan fingerprint density at radius 3 is 2.68 bits per heavy atom. The van der Waals surface area contributed by atoms with Crippen molar-refractivity contribution < 1.29 is 9.84 Å². The molecule has 2 N–H and O–H groups in total. The van der Waals surface area contributed by atoms with E-state index in [-0.39, 0.29) is 12.2 Å². The summed E-state index contributed by atoms with van der Waals surface area (Å²) >= 11 is 0. The fourth-order valence-electron chi connectivity index (χ4n) is 1.87. The number of ether oxygens (including phenoxy) is 1. The lowest BCUT2D eigenvalue weighted by molar-refractivity contribution is 0.134. The third-order valence-electron chi connectivity index (χ3n) is 2.56. The molecule has 1 rings (SSSR count). The average Bonchev–Trinajstić information content (AvgIpc) is 2.27. The molecule has 0 radical (unpaired) electrons. The molecule has 1 atom stereocenters. The van der Waals surface area contributed by atoms with Crippen LogP contribution in [-0.2, 0) is 6.54 Å². The van der Waals surface area contributed by atoms with Gasteiger partial charge in [0.05, 0.1) is 12.2 Å². The summed E-state index contributed by atoms with van der Waals surface area (Å²) in [4.78, 5) is 1.98. The molecule has 4 nitrogen and oxygen atoms in total. The van der Waals surface area contributed by atoms with Crippen LogP contribution in [0.3, 0.4) is 0 Å². The van der Waals surface area contributed by atoms with Gasteiger partial charge in [-0.3, -0.25) is 0 Å². The van der Waals surface area contributed by atoms with Crippen LogP contribution >= 0.6 is 0 Å². The Bertz CT molecular complexity index is 367. The van der Waals surface area contributed by atoms with E-state index >= 15 is 0 Å². The number of nitrogens with one attached hydrogen (secondary N) is 1. The predicted octanol–water partition coefficient (Wildman–Crippen LogP) is 1.49. The molecule has 0 spiro atoms. The van der Waals surface area contributed by atoms with E-state index in [1.165, 1.54) is 0 Å². The van der Waals surface area contributed by atoms with Gasteiger partial charge in [0.1, 0.15) is 5.75 Å². The molecule has 0 aliphatic carbocycles. The van der Waals surface area contributed by atoms with E-state index in [1.54, 1.807) is 0 Å². The molecule has 1 aromatic rings. The van der Waals surface area contributed by atoms with Crippen LogP contribution in [0, 0.1) is 0 Å². The molecule has 0 saturated heterocycles. The van der Waals surface area contributed by atoms with Gasteiger partial charge >= 0.3 is 0 Å². The maximum Gasteiger partial charge on any atom is 0.120 e. The summed E-state index contributed by atoms with van der Waals surface area (Å²) in [5, 5.41) is 13.0. The van der Waals surface area contributed by atoms with Gasteiger partial charge in [-0.05, 0) is 45.6 Å². The Balaban J connectivity index is 2.36. The average molecular weight is 266 g/mol. The van der Waals surface area contributed by atoms with Gasteiger partial charge in [-0.25, -0.2) is 0 Å². The summed E-state index contributed by atoms with van der Waals surface area (Å²) in [6.07, 6.45) is -0.157. The second-order valence-corrected chi connectivity index (χ2v) is 5.36. The predicted molar refractivity (Wildman–Crippen MR) is 78.5 cm³/mol. The molecule has 1 aromatic carbocycles. The molecule has 1 unspecified atom stereocenters. The maximum absolute atomic E-state index is 9.74. The molecule has 0 aliphatic rings. The van der Waals surface area contributed by atoms with Crippen molar-refractivity contribution in [3.05, 3.63) is 29.8 Å². The standard InChI is InChI=1S/C15H26N2O2/c1-12(2)19-15-7-5-6-13(8-15)9-16-10-14(18)11-17(3)4/h5-8,12,14,16,18H,9-11H2,1-4H3. The minimum Gasteiger partial charge on any atom is -0.491 e. The Labute approximate surface area is 116 Å². The van der Waals surface area contributed by atoms with Crippen LogP contribution in [0.25, 0.3) is 0 Å². The Morgan fingerprint density at radius 1 is 1.32 bits per heavy atom. The Kier molecular flexibility index (Phi) is 6.84. The molecule has 0 amide bonds.